The van der Waals surface area contributed by atoms with E-state index < -0.39 is 5.41 Å². The van der Waals surface area contributed by atoms with Gasteiger partial charge in [0.05, 0.1) is 12.0 Å². The summed E-state index contributed by atoms with van der Waals surface area (Å²) in [6, 6.07) is 0. The van der Waals surface area contributed by atoms with Crippen molar-refractivity contribution in [3.8, 4) is 0 Å². The van der Waals surface area contributed by atoms with Crippen molar-refractivity contribution >= 4 is 5.91 Å². The van der Waals surface area contributed by atoms with Gasteiger partial charge in [0.15, 0.2) is 0 Å². The fourth-order valence-corrected chi connectivity index (χ4v) is 2.51. The molecular weight excluding hydrogens is 244 g/mol. The minimum atomic E-state index is -0.413. The molecule has 5 nitrogen and oxygen atoms in total. The van der Waals surface area contributed by atoms with Crippen LogP contribution >= 0.6 is 0 Å². The van der Waals surface area contributed by atoms with Crippen LogP contribution in [0.15, 0.2) is 0 Å². The maximum atomic E-state index is 12.5. The third kappa shape index (κ3) is 3.91. The Hall–Kier alpha value is -0.650. The predicted octanol–water partition coefficient (Wildman–Crippen LogP) is 0.627. The molecule has 1 amide bonds. The van der Waals surface area contributed by atoms with E-state index in [0.29, 0.717) is 32.9 Å². The first-order valence-corrected chi connectivity index (χ1v) is 7.29. The summed E-state index contributed by atoms with van der Waals surface area (Å²) < 4.78 is 10.9. The van der Waals surface area contributed by atoms with Crippen molar-refractivity contribution in [1.82, 2.24) is 4.90 Å². The van der Waals surface area contributed by atoms with E-state index >= 15 is 0 Å². The van der Waals surface area contributed by atoms with Crippen LogP contribution in [0, 0.1) is 11.3 Å². The SMILES string of the molecule is CN(CCOCC1CC1)C(=O)C1(CN)CCOCC1. The lowest BCUT2D eigenvalue weighted by molar-refractivity contribution is -0.146. The summed E-state index contributed by atoms with van der Waals surface area (Å²) in [7, 11) is 1.84. The molecule has 5 heteroatoms. The third-order valence-corrected chi connectivity index (χ3v) is 4.26. The number of ether oxygens (including phenoxy) is 2. The fourth-order valence-electron chi connectivity index (χ4n) is 2.51. The van der Waals surface area contributed by atoms with Crippen molar-refractivity contribution in [3.05, 3.63) is 0 Å². The van der Waals surface area contributed by atoms with Gasteiger partial charge in [-0.3, -0.25) is 4.79 Å². The standard InChI is InChI=1S/C14H26N2O3/c1-16(6-9-19-10-12-2-3-12)13(17)14(11-15)4-7-18-8-5-14/h12H,2-11,15H2,1H3. The molecule has 2 aliphatic rings. The van der Waals surface area contributed by atoms with Gasteiger partial charge in [0.1, 0.15) is 0 Å². The van der Waals surface area contributed by atoms with Crippen LogP contribution in [0.4, 0.5) is 0 Å². The topological polar surface area (TPSA) is 64.8 Å². The Morgan fingerprint density at radius 3 is 2.68 bits per heavy atom. The molecule has 19 heavy (non-hydrogen) atoms. The zero-order valence-electron chi connectivity index (χ0n) is 11.9. The number of rotatable bonds is 7. The van der Waals surface area contributed by atoms with E-state index in [9.17, 15) is 4.79 Å². The van der Waals surface area contributed by atoms with Crippen molar-refractivity contribution in [2.45, 2.75) is 25.7 Å². The summed E-state index contributed by atoms with van der Waals surface area (Å²) in [5, 5.41) is 0. The van der Waals surface area contributed by atoms with Crippen molar-refractivity contribution in [1.29, 1.82) is 0 Å². The second kappa shape index (κ2) is 6.68. The highest BCUT2D eigenvalue weighted by Crippen LogP contribution is 2.31. The third-order valence-electron chi connectivity index (χ3n) is 4.26. The molecular formula is C14H26N2O3. The van der Waals surface area contributed by atoms with E-state index in [1.807, 2.05) is 7.05 Å². The minimum absolute atomic E-state index is 0.147. The zero-order chi connectivity index (χ0) is 13.7. The minimum Gasteiger partial charge on any atom is -0.381 e. The van der Waals surface area contributed by atoms with Crippen molar-refractivity contribution in [2.75, 3.05) is 46.6 Å². The second-order valence-electron chi connectivity index (χ2n) is 5.84. The highest BCUT2D eigenvalue weighted by Gasteiger charge is 2.40. The molecule has 0 spiro atoms. The van der Waals surface area contributed by atoms with Gasteiger partial charge in [-0.1, -0.05) is 0 Å². The fraction of sp³-hybridized carbons (Fsp3) is 0.929. The van der Waals surface area contributed by atoms with E-state index in [2.05, 4.69) is 0 Å². The van der Waals surface area contributed by atoms with Crippen molar-refractivity contribution in [3.63, 3.8) is 0 Å². The first kappa shape index (κ1) is 14.8. The van der Waals surface area contributed by atoms with Gasteiger partial charge in [-0.25, -0.2) is 0 Å². The van der Waals surface area contributed by atoms with Crippen LogP contribution in [-0.4, -0.2) is 57.4 Å². The molecule has 1 saturated carbocycles. The van der Waals surface area contributed by atoms with E-state index in [1.165, 1.54) is 12.8 Å². The lowest BCUT2D eigenvalue weighted by Gasteiger charge is -2.37. The smallest absolute Gasteiger partial charge is 0.230 e. The van der Waals surface area contributed by atoms with Gasteiger partial charge in [-0.2, -0.15) is 0 Å². The summed E-state index contributed by atoms with van der Waals surface area (Å²) in [6.07, 6.45) is 4.06. The molecule has 0 aromatic carbocycles. The molecule has 1 aliphatic heterocycles. The average molecular weight is 270 g/mol. The van der Waals surface area contributed by atoms with Crippen LogP contribution in [0.2, 0.25) is 0 Å². The molecule has 0 bridgehead atoms. The van der Waals surface area contributed by atoms with Crippen LogP contribution in [0.5, 0.6) is 0 Å². The summed E-state index contributed by atoms with van der Waals surface area (Å²) >= 11 is 0. The Morgan fingerprint density at radius 1 is 1.42 bits per heavy atom. The summed E-state index contributed by atoms with van der Waals surface area (Å²) in [4.78, 5) is 14.3. The maximum Gasteiger partial charge on any atom is 0.230 e. The number of nitrogens with zero attached hydrogens (tertiary/aromatic N) is 1. The van der Waals surface area contributed by atoms with Gasteiger partial charge in [-0.15, -0.1) is 0 Å². The molecule has 1 saturated heterocycles. The van der Waals surface area contributed by atoms with Crippen LogP contribution in [0.3, 0.4) is 0 Å². The molecule has 1 aliphatic carbocycles. The van der Waals surface area contributed by atoms with Gasteiger partial charge >= 0.3 is 0 Å². The highest BCUT2D eigenvalue weighted by molar-refractivity contribution is 5.83. The molecule has 0 aromatic rings. The summed E-state index contributed by atoms with van der Waals surface area (Å²) in [5.41, 5.74) is 5.43. The number of amides is 1. The number of carbonyl (C=O) groups excluding carboxylic acids is 1. The molecule has 1 heterocycles. The van der Waals surface area contributed by atoms with Crippen LogP contribution in [0.1, 0.15) is 25.7 Å². The highest BCUT2D eigenvalue weighted by atomic mass is 16.5. The Morgan fingerprint density at radius 2 is 2.11 bits per heavy atom. The Balaban J connectivity index is 1.75. The lowest BCUT2D eigenvalue weighted by Crippen LogP contribution is -2.50. The molecule has 0 atom stereocenters. The molecule has 0 unspecified atom stereocenters. The van der Waals surface area contributed by atoms with Gasteiger partial charge in [0, 0.05) is 40.0 Å². The molecule has 0 radical (unpaired) electrons. The molecule has 2 rings (SSSR count). The zero-order valence-corrected chi connectivity index (χ0v) is 11.9. The average Bonchev–Trinajstić information content (AvgIpc) is 3.27. The normalized spacial score (nSPS) is 22.2. The van der Waals surface area contributed by atoms with Crippen LogP contribution in [-0.2, 0) is 14.3 Å². The maximum absolute atomic E-state index is 12.5. The molecule has 110 valence electrons. The Kier molecular flexibility index (Phi) is 5.19. The predicted molar refractivity (Wildman–Crippen MR) is 72.7 cm³/mol. The lowest BCUT2D eigenvalue weighted by atomic mass is 9.79. The van der Waals surface area contributed by atoms with E-state index in [-0.39, 0.29) is 5.91 Å². The Labute approximate surface area is 115 Å². The number of carbonyl (C=O) groups is 1. The summed E-state index contributed by atoms with van der Waals surface area (Å²) in [5.74, 6) is 0.917. The number of nitrogens with two attached hydrogens (primary N) is 1. The largest absolute Gasteiger partial charge is 0.381 e. The summed E-state index contributed by atoms with van der Waals surface area (Å²) in [6.45, 7) is 3.79. The van der Waals surface area contributed by atoms with E-state index in [1.54, 1.807) is 4.90 Å². The van der Waals surface area contributed by atoms with E-state index in [4.69, 9.17) is 15.2 Å². The molecule has 2 fully saturated rings. The van der Waals surface area contributed by atoms with Crippen LogP contribution in [0.25, 0.3) is 0 Å². The van der Waals surface area contributed by atoms with E-state index in [0.717, 1.165) is 25.4 Å². The molecule has 2 N–H and O–H groups in total. The number of hydrogen-bond acceptors (Lipinski definition) is 4. The van der Waals surface area contributed by atoms with Crippen molar-refractivity contribution in [2.24, 2.45) is 17.1 Å². The van der Waals surface area contributed by atoms with Gasteiger partial charge in [-0.05, 0) is 31.6 Å². The van der Waals surface area contributed by atoms with Gasteiger partial charge in [0.25, 0.3) is 0 Å². The quantitative estimate of drug-likeness (QED) is 0.689. The Bertz CT molecular complexity index is 299. The van der Waals surface area contributed by atoms with Gasteiger partial charge < -0.3 is 20.1 Å². The number of likely N-dealkylation sites (N-methyl/N-ethyl adjacent to an activating group) is 1. The first-order valence-electron chi connectivity index (χ1n) is 7.29. The molecule has 0 aromatic heterocycles. The first-order chi connectivity index (χ1) is 9.18. The van der Waals surface area contributed by atoms with Crippen LogP contribution < -0.4 is 5.73 Å². The second-order valence-corrected chi connectivity index (χ2v) is 5.84. The van der Waals surface area contributed by atoms with Crippen molar-refractivity contribution < 1.29 is 14.3 Å². The van der Waals surface area contributed by atoms with Gasteiger partial charge in [0.2, 0.25) is 5.91 Å². The monoisotopic (exact) mass is 270 g/mol. The number of hydrogen-bond donors (Lipinski definition) is 1.